The van der Waals surface area contributed by atoms with Crippen molar-refractivity contribution in [1.82, 2.24) is 16.0 Å². The van der Waals surface area contributed by atoms with Crippen molar-refractivity contribution in [3.05, 3.63) is 47.5 Å². The number of carboxylic acid groups (broad SMARTS) is 1. The van der Waals surface area contributed by atoms with Gasteiger partial charge in [0, 0.05) is 5.57 Å². The molecule has 0 aromatic heterocycles. The van der Waals surface area contributed by atoms with E-state index in [2.05, 4.69) is 16.0 Å². The van der Waals surface area contributed by atoms with Gasteiger partial charge >= 0.3 is 5.97 Å². The van der Waals surface area contributed by atoms with E-state index < -0.39 is 29.5 Å². The van der Waals surface area contributed by atoms with Crippen molar-refractivity contribution in [3.8, 4) is 0 Å². The van der Waals surface area contributed by atoms with Gasteiger partial charge in [-0.15, -0.1) is 0 Å². The number of amides is 2. The SMILES string of the molecule is CNC(Cc1ccccc1)C(=O)N[C@H](C(=O)N[C@H](C=C(C)C(=O)O)C(C)C)C(C)(C)C. The minimum Gasteiger partial charge on any atom is -0.478 e. The van der Waals surface area contributed by atoms with Crippen LogP contribution in [0.5, 0.6) is 0 Å². The van der Waals surface area contributed by atoms with Gasteiger partial charge in [0.1, 0.15) is 6.04 Å². The number of benzene rings is 1. The highest BCUT2D eigenvalue weighted by Gasteiger charge is 2.35. The summed E-state index contributed by atoms with van der Waals surface area (Å²) in [6.07, 6.45) is 2.04. The number of hydrogen-bond donors (Lipinski definition) is 4. The summed E-state index contributed by atoms with van der Waals surface area (Å²) in [5, 5.41) is 18.0. The Labute approximate surface area is 185 Å². The zero-order valence-electron chi connectivity index (χ0n) is 19.7. The molecule has 0 heterocycles. The van der Waals surface area contributed by atoms with Crippen LogP contribution in [0.15, 0.2) is 42.0 Å². The van der Waals surface area contributed by atoms with Crippen LogP contribution < -0.4 is 16.0 Å². The van der Waals surface area contributed by atoms with Gasteiger partial charge in [0.05, 0.1) is 12.1 Å². The van der Waals surface area contributed by atoms with Crippen molar-refractivity contribution < 1.29 is 19.5 Å². The largest absolute Gasteiger partial charge is 0.478 e. The highest BCUT2D eigenvalue weighted by Crippen LogP contribution is 2.21. The molecular formula is C24H37N3O4. The maximum atomic E-state index is 13.1. The summed E-state index contributed by atoms with van der Waals surface area (Å²) in [5.74, 6) is -1.65. The second kappa shape index (κ2) is 11.6. The van der Waals surface area contributed by atoms with Gasteiger partial charge in [-0.3, -0.25) is 9.59 Å². The van der Waals surface area contributed by atoms with Gasteiger partial charge < -0.3 is 21.1 Å². The van der Waals surface area contributed by atoms with Crippen molar-refractivity contribution in [2.75, 3.05) is 7.05 Å². The van der Waals surface area contributed by atoms with Gasteiger partial charge in [-0.2, -0.15) is 0 Å². The lowest BCUT2D eigenvalue weighted by Gasteiger charge is -2.33. The van der Waals surface area contributed by atoms with Crippen molar-refractivity contribution in [2.45, 2.75) is 66.1 Å². The van der Waals surface area contributed by atoms with Crippen molar-refractivity contribution >= 4 is 17.8 Å². The molecule has 0 fully saturated rings. The highest BCUT2D eigenvalue weighted by molar-refractivity contribution is 5.91. The van der Waals surface area contributed by atoms with Crippen LogP contribution in [0.1, 0.15) is 47.1 Å². The maximum Gasteiger partial charge on any atom is 0.331 e. The lowest BCUT2D eigenvalue weighted by Crippen LogP contribution is -2.59. The molecule has 31 heavy (non-hydrogen) atoms. The third-order valence-corrected chi connectivity index (χ3v) is 5.16. The monoisotopic (exact) mass is 431 g/mol. The Morgan fingerprint density at radius 3 is 2.06 bits per heavy atom. The quantitative estimate of drug-likeness (QED) is 0.426. The van der Waals surface area contributed by atoms with Crippen LogP contribution in [-0.4, -0.2) is 48.1 Å². The molecule has 1 aromatic carbocycles. The van der Waals surface area contributed by atoms with Crippen LogP contribution in [0.25, 0.3) is 0 Å². The van der Waals surface area contributed by atoms with Crippen LogP contribution in [-0.2, 0) is 20.8 Å². The van der Waals surface area contributed by atoms with Gasteiger partial charge in [-0.25, -0.2) is 4.79 Å². The van der Waals surface area contributed by atoms with Gasteiger partial charge in [0.2, 0.25) is 11.8 Å². The standard InChI is InChI=1S/C24H37N3O4/c1-15(2)18(13-16(3)23(30)31)26-22(29)20(24(4,5)6)27-21(28)19(25-7)14-17-11-9-8-10-12-17/h8-13,15,18-20,25H,14H2,1-7H3,(H,26,29)(H,27,28)(H,30,31)/t18-,19?,20-/m1/s1. The van der Waals surface area contributed by atoms with Crippen molar-refractivity contribution in [3.63, 3.8) is 0 Å². The zero-order chi connectivity index (χ0) is 23.8. The molecule has 7 heteroatoms. The van der Waals surface area contributed by atoms with Gasteiger partial charge in [-0.1, -0.05) is 71.0 Å². The fourth-order valence-electron chi connectivity index (χ4n) is 3.08. The Morgan fingerprint density at radius 2 is 1.61 bits per heavy atom. The van der Waals surface area contributed by atoms with E-state index in [1.165, 1.54) is 13.0 Å². The molecule has 0 saturated heterocycles. The fourth-order valence-corrected chi connectivity index (χ4v) is 3.08. The first-order valence-electron chi connectivity index (χ1n) is 10.6. The van der Waals surface area contributed by atoms with Crippen LogP contribution in [0.3, 0.4) is 0 Å². The summed E-state index contributed by atoms with van der Waals surface area (Å²) in [6.45, 7) is 10.9. The number of rotatable bonds is 10. The summed E-state index contributed by atoms with van der Waals surface area (Å²) in [7, 11) is 1.72. The van der Waals surface area contributed by atoms with E-state index in [-0.39, 0.29) is 23.3 Å². The second-order valence-electron chi connectivity index (χ2n) is 9.27. The molecule has 4 N–H and O–H groups in total. The van der Waals surface area contributed by atoms with Gasteiger partial charge in [0.25, 0.3) is 0 Å². The molecule has 172 valence electrons. The molecule has 1 unspecified atom stereocenters. The minimum absolute atomic E-state index is 0.0160. The maximum absolute atomic E-state index is 13.1. The number of nitrogens with one attached hydrogen (secondary N) is 3. The molecule has 0 aliphatic carbocycles. The molecule has 0 saturated carbocycles. The first-order valence-corrected chi connectivity index (χ1v) is 10.6. The van der Waals surface area contributed by atoms with E-state index in [0.29, 0.717) is 6.42 Å². The molecule has 2 amide bonds. The second-order valence-corrected chi connectivity index (χ2v) is 9.27. The predicted molar refractivity (Wildman–Crippen MR) is 123 cm³/mol. The third-order valence-electron chi connectivity index (χ3n) is 5.16. The number of carboxylic acids is 1. The Hall–Kier alpha value is -2.67. The summed E-state index contributed by atoms with van der Waals surface area (Å²) in [5.41, 5.74) is 0.633. The number of likely N-dealkylation sites (N-methyl/N-ethyl adjacent to an activating group) is 1. The molecule has 0 aliphatic heterocycles. The predicted octanol–water partition coefficient (Wildman–Crippen LogP) is 2.52. The van der Waals surface area contributed by atoms with Crippen LogP contribution in [0, 0.1) is 11.3 Å². The number of carbonyl (C=O) groups excluding carboxylic acids is 2. The highest BCUT2D eigenvalue weighted by atomic mass is 16.4. The Balaban J connectivity index is 3.01. The molecule has 7 nitrogen and oxygen atoms in total. The first-order chi connectivity index (χ1) is 14.4. The molecule has 0 aliphatic rings. The van der Waals surface area contributed by atoms with Crippen molar-refractivity contribution in [2.24, 2.45) is 11.3 Å². The molecule has 0 radical (unpaired) electrons. The fraction of sp³-hybridized carbons (Fsp3) is 0.542. The lowest BCUT2D eigenvalue weighted by molar-refractivity contribution is -0.133. The molecule has 1 rings (SSSR count). The zero-order valence-corrected chi connectivity index (χ0v) is 19.7. The Bertz CT molecular complexity index is 782. The summed E-state index contributed by atoms with van der Waals surface area (Å²) < 4.78 is 0. The van der Waals surface area contributed by atoms with Crippen LogP contribution in [0.4, 0.5) is 0 Å². The lowest BCUT2D eigenvalue weighted by atomic mass is 9.85. The molecule has 3 atom stereocenters. The van der Waals surface area contributed by atoms with E-state index in [0.717, 1.165) is 5.56 Å². The molecule has 1 aromatic rings. The summed E-state index contributed by atoms with van der Waals surface area (Å²) in [4.78, 5) is 37.3. The van der Waals surface area contributed by atoms with Gasteiger partial charge in [-0.05, 0) is 37.3 Å². The third kappa shape index (κ3) is 8.53. The topological polar surface area (TPSA) is 108 Å². The minimum atomic E-state index is -1.03. The molecule has 0 spiro atoms. The average molecular weight is 432 g/mol. The summed E-state index contributed by atoms with van der Waals surface area (Å²) >= 11 is 0. The van der Waals surface area contributed by atoms with Crippen LogP contribution >= 0.6 is 0 Å². The van der Waals surface area contributed by atoms with E-state index in [1.54, 1.807) is 7.05 Å². The Kier molecular flexibility index (Phi) is 9.91. The molecular weight excluding hydrogens is 394 g/mol. The number of carbonyl (C=O) groups is 3. The van der Waals surface area contributed by atoms with E-state index in [9.17, 15) is 14.4 Å². The smallest absolute Gasteiger partial charge is 0.331 e. The van der Waals surface area contributed by atoms with Crippen molar-refractivity contribution in [1.29, 1.82) is 0 Å². The normalized spacial score (nSPS) is 15.2. The molecule has 0 bridgehead atoms. The van der Waals surface area contributed by atoms with Crippen LogP contribution in [0.2, 0.25) is 0 Å². The van der Waals surface area contributed by atoms with E-state index in [4.69, 9.17) is 5.11 Å². The van der Waals surface area contributed by atoms with E-state index >= 15 is 0 Å². The van der Waals surface area contributed by atoms with E-state index in [1.807, 2.05) is 65.0 Å². The Morgan fingerprint density at radius 1 is 1.03 bits per heavy atom. The van der Waals surface area contributed by atoms with Gasteiger partial charge in [0.15, 0.2) is 0 Å². The number of hydrogen-bond acceptors (Lipinski definition) is 4. The average Bonchev–Trinajstić information content (AvgIpc) is 2.68. The number of aliphatic carboxylic acids is 1. The summed E-state index contributed by atoms with van der Waals surface area (Å²) in [6, 6.07) is 7.93. The first kappa shape index (κ1) is 26.4.